The van der Waals surface area contributed by atoms with Gasteiger partial charge in [-0.15, -0.1) is 0 Å². The van der Waals surface area contributed by atoms with Gasteiger partial charge in [-0.25, -0.2) is 9.97 Å². The van der Waals surface area contributed by atoms with Crippen molar-refractivity contribution in [1.82, 2.24) is 9.97 Å². The normalized spacial score (nSPS) is 11.0. The van der Waals surface area contributed by atoms with E-state index in [1.807, 2.05) is 26.2 Å². The van der Waals surface area contributed by atoms with Crippen LogP contribution in [-0.4, -0.2) is 9.97 Å². The van der Waals surface area contributed by atoms with Crippen LogP contribution in [0.4, 0.5) is 0 Å². The Morgan fingerprint density at radius 2 is 0.818 bits per heavy atom. The molecule has 0 N–H and O–H groups in total. The van der Waals surface area contributed by atoms with Crippen molar-refractivity contribution in [1.29, 1.82) is 0 Å². The number of nitrogens with zero attached hydrogens (tertiary/aromatic N) is 2. The first-order chi connectivity index (χ1) is 21.8. The number of rotatable bonds is 4. The van der Waals surface area contributed by atoms with Gasteiger partial charge in [0.1, 0.15) is 6.33 Å². The van der Waals surface area contributed by atoms with E-state index in [0.29, 0.717) is 0 Å². The molecular formula is C42H32N2. The zero-order valence-corrected chi connectivity index (χ0v) is 24.9. The van der Waals surface area contributed by atoms with E-state index in [0.717, 1.165) is 11.1 Å². The molecule has 0 amide bonds. The summed E-state index contributed by atoms with van der Waals surface area (Å²) in [6.45, 7) is 4.00. The van der Waals surface area contributed by atoms with E-state index in [1.165, 1.54) is 65.7 Å². The minimum absolute atomic E-state index is 1.01. The molecule has 1 heterocycles. The van der Waals surface area contributed by atoms with Crippen molar-refractivity contribution < 1.29 is 0 Å². The summed E-state index contributed by atoms with van der Waals surface area (Å²) in [6, 6.07) is 50.4. The Labute approximate surface area is 258 Å². The van der Waals surface area contributed by atoms with Crippen LogP contribution >= 0.6 is 0 Å². The highest BCUT2D eigenvalue weighted by Crippen LogP contribution is 2.46. The molecule has 0 aliphatic carbocycles. The Kier molecular flexibility index (Phi) is 7.40. The number of hydrogen-bond acceptors (Lipinski definition) is 2. The monoisotopic (exact) mass is 564 g/mol. The van der Waals surface area contributed by atoms with E-state index in [4.69, 9.17) is 0 Å². The average Bonchev–Trinajstić information content (AvgIpc) is 3.12. The Balaban J connectivity index is 0.00000153. The zero-order chi connectivity index (χ0) is 29.9. The molecule has 0 aliphatic rings. The van der Waals surface area contributed by atoms with E-state index in [-0.39, 0.29) is 0 Å². The van der Waals surface area contributed by atoms with Gasteiger partial charge < -0.3 is 0 Å². The van der Waals surface area contributed by atoms with Crippen molar-refractivity contribution in [3.8, 4) is 44.5 Å². The maximum Gasteiger partial charge on any atom is 0.115 e. The fraction of sp³-hybridized carbons (Fsp3) is 0.0476. The molecule has 0 saturated carbocycles. The molecule has 8 aromatic rings. The maximum absolute atomic E-state index is 4.42. The third-order valence-corrected chi connectivity index (χ3v) is 8.22. The largest absolute Gasteiger partial charge is 0.244 e. The zero-order valence-electron chi connectivity index (χ0n) is 24.9. The highest BCUT2D eigenvalue weighted by atomic mass is 14.8. The van der Waals surface area contributed by atoms with Gasteiger partial charge in [-0.1, -0.05) is 135 Å². The topological polar surface area (TPSA) is 25.8 Å². The lowest BCUT2D eigenvalue weighted by Gasteiger charge is -2.19. The van der Waals surface area contributed by atoms with Crippen molar-refractivity contribution in [2.75, 3.05) is 0 Å². The summed E-state index contributed by atoms with van der Waals surface area (Å²) < 4.78 is 0. The van der Waals surface area contributed by atoms with Crippen LogP contribution in [0.5, 0.6) is 0 Å². The highest BCUT2D eigenvalue weighted by Gasteiger charge is 2.19. The molecule has 0 radical (unpaired) electrons. The molecule has 7 aromatic carbocycles. The third kappa shape index (κ3) is 4.91. The first-order valence-corrected chi connectivity index (χ1v) is 15.2. The van der Waals surface area contributed by atoms with Gasteiger partial charge >= 0.3 is 0 Å². The minimum Gasteiger partial charge on any atom is -0.244 e. The van der Waals surface area contributed by atoms with Crippen molar-refractivity contribution in [2.24, 2.45) is 0 Å². The molecule has 44 heavy (non-hydrogen) atoms. The quantitative estimate of drug-likeness (QED) is 0.199. The fourth-order valence-electron chi connectivity index (χ4n) is 6.24. The predicted molar refractivity (Wildman–Crippen MR) is 188 cm³/mol. The van der Waals surface area contributed by atoms with Gasteiger partial charge in [-0.3, -0.25) is 0 Å². The summed E-state index contributed by atoms with van der Waals surface area (Å²) in [6.07, 6.45) is 5.45. The molecule has 0 fully saturated rings. The van der Waals surface area contributed by atoms with Gasteiger partial charge in [-0.05, 0) is 83.9 Å². The van der Waals surface area contributed by atoms with E-state index in [9.17, 15) is 0 Å². The highest BCUT2D eigenvalue weighted by molar-refractivity contribution is 6.22. The van der Waals surface area contributed by atoms with E-state index in [2.05, 4.69) is 149 Å². The average molecular weight is 565 g/mol. The Morgan fingerprint density at radius 3 is 1.39 bits per heavy atom. The van der Waals surface area contributed by atoms with Crippen molar-refractivity contribution in [2.45, 2.75) is 13.8 Å². The standard InChI is InChI=1S/C40H26N2.C2H6/c1-3-9-27(10-4-1)31-18-20-36-37(22-31)39(33-16-15-29-13-7-8-14-30(29)21-33)35-19-17-32(28-11-5-2-6-12-28)23-38(35)40(36)34-24-41-26-42-25-34;1-2/h1-26H;1-2H3. The molecule has 2 heteroatoms. The molecule has 0 aliphatic heterocycles. The minimum atomic E-state index is 1.01. The molecule has 0 bridgehead atoms. The summed E-state index contributed by atoms with van der Waals surface area (Å²) in [7, 11) is 0. The Bertz CT molecular complexity index is 2220. The van der Waals surface area contributed by atoms with Gasteiger partial charge in [0.25, 0.3) is 0 Å². The number of benzene rings is 7. The van der Waals surface area contributed by atoms with E-state index in [1.54, 1.807) is 6.33 Å². The van der Waals surface area contributed by atoms with Crippen LogP contribution in [0.15, 0.2) is 158 Å². The van der Waals surface area contributed by atoms with Crippen LogP contribution in [-0.2, 0) is 0 Å². The maximum atomic E-state index is 4.42. The molecular weight excluding hydrogens is 532 g/mol. The first kappa shape index (κ1) is 27.2. The van der Waals surface area contributed by atoms with Crippen LogP contribution in [0, 0.1) is 0 Å². The van der Waals surface area contributed by atoms with Gasteiger partial charge in [0.05, 0.1) is 0 Å². The fourth-order valence-corrected chi connectivity index (χ4v) is 6.24. The van der Waals surface area contributed by atoms with Crippen LogP contribution in [0.2, 0.25) is 0 Å². The lowest BCUT2D eigenvalue weighted by atomic mass is 9.84. The molecule has 0 unspecified atom stereocenters. The smallest absolute Gasteiger partial charge is 0.115 e. The number of fused-ring (bicyclic) bond motifs is 3. The molecule has 2 nitrogen and oxygen atoms in total. The molecule has 0 saturated heterocycles. The predicted octanol–water partition coefficient (Wildman–Crippen LogP) is 11.6. The second-order valence-electron chi connectivity index (χ2n) is 10.7. The molecule has 8 rings (SSSR count). The lowest BCUT2D eigenvalue weighted by molar-refractivity contribution is 1.17. The summed E-state index contributed by atoms with van der Waals surface area (Å²) in [5.41, 5.74) is 9.39. The van der Waals surface area contributed by atoms with Crippen molar-refractivity contribution in [3.05, 3.63) is 158 Å². The lowest BCUT2D eigenvalue weighted by Crippen LogP contribution is -1.93. The summed E-state index contributed by atoms with van der Waals surface area (Å²) in [5, 5.41) is 7.27. The molecule has 0 spiro atoms. The first-order valence-electron chi connectivity index (χ1n) is 15.2. The van der Waals surface area contributed by atoms with Crippen LogP contribution in [0.3, 0.4) is 0 Å². The molecule has 1 aromatic heterocycles. The second kappa shape index (κ2) is 11.9. The number of hydrogen-bond donors (Lipinski definition) is 0. The third-order valence-electron chi connectivity index (χ3n) is 8.22. The van der Waals surface area contributed by atoms with Crippen molar-refractivity contribution >= 4 is 32.3 Å². The molecule has 0 atom stereocenters. The summed E-state index contributed by atoms with van der Waals surface area (Å²) >= 11 is 0. The Morgan fingerprint density at radius 1 is 0.341 bits per heavy atom. The van der Waals surface area contributed by atoms with E-state index < -0.39 is 0 Å². The van der Waals surface area contributed by atoms with Crippen LogP contribution in [0.1, 0.15) is 13.8 Å². The summed E-state index contributed by atoms with van der Waals surface area (Å²) in [4.78, 5) is 8.85. The van der Waals surface area contributed by atoms with Gasteiger partial charge in [0.15, 0.2) is 0 Å². The van der Waals surface area contributed by atoms with Crippen LogP contribution in [0.25, 0.3) is 76.8 Å². The van der Waals surface area contributed by atoms with Gasteiger partial charge in [0.2, 0.25) is 0 Å². The molecule has 210 valence electrons. The number of aromatic nitrogens is 2. The van der Waals surface area contributed by atoms with Gasteiger partial charge in [0, 0.05) is 23.5 Å². The SMILES string of the molecule is CC.c1ccc(-c2ccc3c(-c4ccc5ccccc5c4)c4cc(-c5ccccc5)ccc4c(-c4cncnc4)c3c2)cc1. The Hall–Kier alpha value is -5.60. The van der Waals surface area contributed by atoms with Crippen LogP contribution < -0.4 is 0 Å². The van der Waals surface area contributed by atoms with E-state index >= 15 is 0 Å². The second-order valence-corrected chi connectivity index (χ2v) is 10.7. The van der Waals surface area contributed by atoms with Crippen molar-refractivity contribution in [3.63, 3.8) is 0 Å². The summed E-state index contributed by atoms with van der Waals surface area (Å²) in [5.74, 6) is 0. The van der Waals surface area contributed by atoms with Gasteiger partial charge in [-0.2, -0.15) is 0 Å².